The van der Waals surface area contributed by atoms with Gasteiger partial charge in [-0.15, -0.1) is 0 Å². The van der Waals surface area contributed by atoms with Gasteiger partial charge in [-0.3, -0.25) is 13.9 Å². The van der Waals surface area contributed by atoms with Gasteiger partial charge in [0, 0.05) is 24.5 Å². The van der Waals surface area contributed by atoms with E-state index < -0.39 is 28.5 Å². The molecule has 10 heteroatoms. The fourth-order valence-electron chi connectivity index (χ4n) is 4.96. The van der Waals surface area contributed by atoms with Crippen molar-refractivity contribution in [3.8, 4) is 5.75 Å². The topological polar surface area (TPSA) is 96.0 Å². The molecule has 45 heavy (non-hydrogen) atoms. The van der Waals surface area contributed by atoms with E-state index in [1.54, 1.807) is 31.4 Å². The Hall–Kier alpha value is -4.34. The molecule has 2 amide bonds. The molecule has 0 aliphatic carbocycles. The Balaban J connectivity index is 1.82. The van der Waals surface area contributed by atoms with Crippen LogP contribution in [0.3, 0.4) is 0 Å². The van der Waals surface area contributed by atoms with Gasteiger partial charge in [0.05, 0.1) is 17.7 Å². The fraction of sp³-hybridized carbons (Fsp3) is 0.257. The Bertz CT molecular complexity index is 1730. The second-order valence-corrected chi connectivity index (χ2v) is 13.0. The van der Waals surface area contributed by atoms with E-state index in [0.29, 0.717) is 23.0 Å². The summed E-state index contributed by atoms with van der Waals surface area (Å²) in [6.45, 7) is 5.50. The Morgan fingerprint density at radius 2 is 1.56 bits per heavy atom. The van der Waals surface area contributed by atoms with Crippen LogP contribution in [-0.4, -0.2) is 51.4 Å². The smallest absolute Gasteiger partial charge is 0.264 e. The number of likely N-dealkylation sites (N-methyl/N-ethyl adjacent to an activating group) is 1. The number of nitrogens with zero attached hydrogens (tertiary/aromatic N) is 2. The van der Waals surface area contributed by atoms with Gasteiger partial charge < -0.3 is 15.0 Å². The number of ether oxygens (including phenoxy) is 1. The summed E-state index contributed by atoms with van der Waals surface area (Å²) in [5.74, 6) is -0.281. The summed E-state index contributed by atoms with van der Waals surface area (Å²) in [7, 11) is -2.67. The van der Waals surface area contributed by atoms with Gasteiger partial charge >= 0.3 is 0 Å². The number of halogens is 1. The molecule has 0 spiro atoms. The van der Waals surface area contributed by atoms with Gasteiger partial charge in [0.25, 0.3) is 10.0 Å². The second kappa shape index (κ2) is 15.1. The Morgan fingerprint density at radius 3 is 2.20 bits per heavy atom. The zero-order chi connectivity index (χ0) is 32.6. The highest BCUT2D eigenvalue weighted by atomic mass is 35.5. The average Bonchev–Trinajstić information content (AvgIpc) is 3.03. The Labute approximate surface area is 270 Å². The van der Waals surface area contributed by atoms with Crippen molar-refractivity contribution in [2.24, 2.45) is 0 Å². The summed E-state index contributed by atoms with van der Waals surface area (Å²) < 4.78 is 34.8. The zero-order valence-electron chi connectivity index (χ0n) is 25.9. The van der Waals surface area contributed by atoms with Crippen LogP contribution in [0.25, 0.3) is 0 Å². The number of rotatable bonds is 13. The van der Waals surface area contributed by atoms with E-state index in [1.165, 1.54) is 29.2 Å². The standard InChI is InChI=1S/C35H38ClN3O5S/c1-5-37-35(41)33(22-27-10-7-6-8-11-27)38(23-28-12-9-13-31(21-28)44-4)34(40)24-39(30-17-14-25(2)26(3)20-30)45(42,43)32-18-15-29(36)16-19-32/h6-21,33H,5,22-24H2,1-4H3,(H,37,41)/t33-/m1/s1. The lowest BCUT2D eigenvalue weighted by Gasteiger charge is -2.34. The first kappa shape index (κ1) is 33.6. The molecule has 0 unspecified atom stereocenters. The molecule has 0 saturated heterocycles. The summed E-state index contributed by atoms with van der Waals surface area (Å²) in [6.07, 6.45) is 0.232. The third-order valence-corrected chi connectivity index (χ3v) is 9.61. The van der Waals surface area contributed by atoms with E-state index in [1.807, 2.05) is 69.3 Å². The van der Waals surface area contributed by atoms with Crippen LogP contribution in [0, 0.1) is 13.8 Å². The van der Waals surface area contributed by atoms with Gasteiger partial charge in [0.2, 0.25) is 11.8 Å². The minimum Gasteiger partial charge on any atom is -0.497 e. The Kier molecular flexibility index (Phi) is 11.3. The van der Waals surface area contributed by atoms with Crippen molar-refractivity contribution in [3.05, 3.63) is 124 Å². The van der Waals surface area contributed by atoms with Gasteiger partial charge in [0.15, 0.2) is 0 Å². The average molecular weight is 648 g/mol. The third kappa shape index (κ3) is 8.44. The molecule has 0 saturated carbocycles. The summed E-state index contributed by atoms with van der Waals surface area (Å²) in [6, 6.07) is 26.8. The molecule has 4 aromatic rings. The molecule has 0 bridgehead atoms. The number of carbonyl (C=O) groups is 2. The second-order valence-electron chi connectivity index (χ2n) is 10.7. The number of benzene rings is 4. The lowest BCUT2D eigenvalue weighted by atomic mass is 10.0. The monoisotopic (exact) mass is 647 g/mol. The van der Waals surface area contributed by atoms with Crippen molar-refractivity contribution in [1.29, 1.82) is 0 Å². The number of sulfonamides is 1. The minimum absolute atomic E-state index is 0.0122. The quantitative estimate of drug-likeness (QED) is 0.194. The molecule has 0 aliphatic rings. The predicted molar refractivity (Wildman–Crippen MR) is 178 cm³/mol. The van der Waals surface area contributed by atoms with Crippen LogP contribution >= 0.6 is 11.6 Å². The Morgan fingerprint density at radius 1 is 0.867 bits per heavy atom. The molecule has 0 heterocycles. The lowest BCUT2D eigenvalue weighted by molar-refractivity contribution is -0.140. The molecule has 0 fully saturated rings. The van der Waals surface area contributed by atoms with Gasteiger partial charge in [-0.1, -0.05) is 60.1 Å². The number of methoxy groups -OCH3 is 1. The van der Waals surface area contributed by atoms with Crippen molar-refractivity contribution in [3.63, 3.8) is 0 Å². The highest BCUT2D eigenvalue weighted by molar-refractivity contribution is 7.92. The molecule has 0 radical (unpaired) electrons. The molecule has 4 rings (SSSR count). The SMILES string of the molecule is CCNC(=O)[C@@H](Cc1ccccc1)N(Cc1cccc(OC)c1)C(=O)CN(c1ccc(C)c(C)c1)S(=O)(=O)c1ccc(Cl)cc1. The summed E-state index contributed by atoms with van der Waals surface area (Å²) in [4.78, 5) is 29.6. The number of amides is 2. The first-order chi connectivity index (χ1) is 21.5. The van der Waals surface area contributed by atoms with Crippen LogP contribution < -0.4 is 14.4 Å². The summed E-state index contributed by atoms with van der Waals surface area (Å²) >= 11 is 6.06. The molecule has 236 valence electrons. The van der Waals surface area contributed by atoms with E-state index in [0.717, 1.165) is 26.6 Å². The number of anilines is 1. The van der Waals surface area contributed by atoms with Gasteiger partial charge in [0.1, 0.15) is 18.3 Å². The highest BCUT2D eigenvalue weighted by Gasteiger charge is 2.34. The van der Waals surface area contributed by atoms with E-state index in [2.05, 4.69) is 5.32 Å². The van der Waals surface area contributed by atoms with E-state index >= 15 is 0 Å². The van der Waals surface area contributed by atoms with Crippen molar-refractivity contribution in [1.82, 2.24) is 10.2 Å². The van der Waals surface area contributed by atoms with E-state index in [9.17, 15) is 18.0 Å². The maximum Gasteiger partial charge on any atom is 0.264 e. The van der Waals surface area contributed by atoms with Gasteiger partial charge in [-0.05, 0) is 91.6 Å². The molecule has 1 atom stereocenters. The predicted octanol–water partition coefficient (Wildman–Crippen LogP) is 5.94. The van der Waals surface area contributed by atoms with E-state index in [-0.39, 0.29) is 23.8 Å². The fourth-order valence-corrected chi connectivity index (χ4v) is 6.49. The molecule has 0 aliphatic heterocycles. The maximum atomic E-state index is 14.5. The minimum atomic E-state index is -4.22. The van der Waals surface area contributed by atoms with Crippen LogP contribution in [0.15, 0.2) is 102 Å². The largest absolute Gasteiger partial charge is 0.497 e. The first-order valence-corrected chi connectivity index (χ1v) is 16.4. The molecular formula is C35H38ClN3O5S. The first-order valence-electron chi connectivity index (χ1n) is 14.6. The number of aryl methyl sites for hydroxylation is 2. The van der Waals surface area contributed by atoms with Crippen molar-refractivity contribution in [2.75, 3.05) is 24.5 Å². The molecule has 1 N–H and O–H groups in total. The summed E-state index contributed by atoms with van der Waals surface area (Å²) in [5.41, 5.74) is 3.77. The highest BCUT2D eigenvalue weighted by Crippen LogP contribution is 2.28. The van der Waals surface area contributed by atoms with Crippen molar-refractivity contribution in [2.45, 2.75) is 44.7 Å². The normalized spacial score (nSPS) is 11.8. The zero-order valence-corrected chi connectivity index (χ0v) is 27.4. The number of nitrogens with one attached hydrogen (secondary N) is 1. The number of hydrogen-bond donors (Lipinski definition) is 1. The van der Waals surface area contributed by atoms with Crippen LogP contribution in [0.5, 0.6) is 5.75 Å². The number of hydrogen-bond acceptors (Lipinski definition) is 5. The van der Waals surface area contributed by atoms with Gasteiger partial charge in [-0.25, -0.2) is 8.42 Å². The molecular weight excluding hydrogens is 610 g/mol. The van der Waals surface area contributed by atoms with Crippen LogP contribution in [-0.2, 0) is 32.6 Å². The van der Waals surface area contributed by atoms with Crippen LogP contribution in [0.2, 0.25) is 5.02 Å². The van der Waals surface area contributed by atoms with Crippen LogP contribution in [0.4, 0.5) is 5.69 Å². The molecule has 4 aromatic carbocycles. The number of carbonyl (C=O) groups excluding carboxylic acids is 2. The molecule has 0 aromatic heterocycles. The lowest BCUT2D eigenvalue weighted by Crippen LogP contribution is -2.53. The third-order valence-electron chi connectivity index (χ3n) is 7.57. The van der Waals surface area contributed by atoms with Crippen molar-refractivity contribution < 1.29 is 22.7 Å². The maximum absolute atomic E-state index is 14.5. The van der Waals surface area contributed by atoms with Crippen LogP contribution in [0.1, 0.15) is 29.2 Å². The van der Waals surface area contributed by atoms with E-state index in [4.69, 9.17) is 16.3 Å². The van der Waals surface area contributed by atoms with Crippen molar-refractivity contribution >= 4 is 39.1 Å². The van der Waals surface area contributed by atoms with Gasteiger partial charge in [-0.2, -0.15) is 0 Å². The molecule has 8 nitrogen and oxygen atoms in total. The summed E-state index contributed by atoms with van der Waals surface area (Å²) in [5, 5.41) is 3.25.